The summed E-state index contributed by atoms with van der Waals surface area (Å²) in [4.78, 5) is 9.66. The Balaban J connectivity index is 0.00000520. The van der Waals surface area contributed by atoms with Gasteiger partial charge in [0, 0.05) is 77.9 Å². The molecule has 10 aromatic rings. The number of para-hydroxylation sites is 4. The number of nitrogens with zero attached hydrogens (tertiary/aromatic N) is 4. The van der Waals surface area contributed by atoms with Gasteiger partial charge in [0.05, 0.1) is 0 Å². The number of ether oxygens (including phenoxy) is 1. The minimum absolute atomic E-state index is 0. The Labute approximate surface area is 419 Å². The van der Waals surface area contributed by atoms with E-state index < -0.39 is 0 Å². The van der Waals surface area contributed by atoms with Gasteiger partial charge in [-0.15, -0.1) is 53.6 Å². The van der Waals surface area contributed by atoms with Gasteiger partial charge in [0.2, 0.25) is 0 Å². The van der Waals surface area contributed by atoms with Crippen molar-refractivity contribution in [2.45, 2.75) is 57.3 Å². The summed E-state index contributed by atoms with van der Waals surface area (Å²) in [7, 11) is 0. The second-order valence-electron chi connectivity index (χ2n) is 19.2. The maximum Gasteiger partial charge on any atom is 0.135 e. The summed E-state index contributed by atoms with van der Waals surface area (Å²) in [6, 6.07) is 76.8. The largest absolute Gasteiger partial charge is 0.509 e. The van der Waals surface area contributed by atoms with Crippen LogP contribution in [0.4, 0.5) is 22.7 Å². The second-order valence-corrected chi connectivity index (χ2v) is 19.2. The van der Waals surface area contributed by atoms with Crippen molar-refractivity contribution in [3.63, 3.8) is 0 Å². The van der Waals surface area contributed by atoms with Crippen LogP contribution in [0.15, 0.2) is 200 Å². The molecular formula is C63H51N4OPt-3. The third kappa shape index (κ3) is 7.93. The first-order valence-electron chi connectivity index (χ1n) is 23.8. The minimum Gasteiger partial charge on any atom is -0.509 e. The molecule has 0 spiro atoms. The van der Waals surface area contributed by atoms with E-state index in [1.165, 1.54) is 24.0 Å². The van der Waals surface area contributed by atoms with E-state index in [9.17, 15) is 0 Å². The molecule has 0 radical (unpaired) electrons. The fourth-order valence-electron chi connectivity index (χ4n) is 10.7. The van der Waals surface area contributed by atoms with Crippen molar-refractivity contribution < 1.29 is 25.8 Å². The number of hydrogen-bond acceptors (Lipinski definition) is 4. The first kappa shape index (κ1) is 44.3. The molecular weight excluding hydrogens is 1020 g/mol. The van der Waals surface area contributed by atoms with Gasteiger partial charge in [-0.05, 0) is 76.2 Å². The Bertz CT molecular complexity index is 3410. The van der Waals surface area contributed by atoms with Crippen molar-refractivity contribution in [2.24, 2.45) is 0 Å². The van der Waals surface area contributed by atoms with Gasteiger partial charge >= 0.3 is 0 Å². The molecule has 2 aliphatic rings. The van der Waals surface area contributed by atoms with E-state index in [1.807, 2.05) is 12.3 Å². The molecule has 1 fully saturated rings. The van der Waals surface area contributed by atoms with Crippen LogP contribution >= 0.6 is 0 Å². The van der Waals surface area contributed by atoms with Crippen molar-refractivity contribution in [1.29, 1.82) is 0 Å². The van der Waals surface area contributed by atoms with Crippen LogP contribution in [-0.2, 0) is 31.9 Å². The minimum atomic E-state index is -0.186. The number of anilines is 4. The van der Waals surface area contributed by atoms with Crippen molar-refractivity contribution in [2.75, 3.05) is 9.80 Å². The molecule has 1 saturated carbocycles. The maximum atomic E-state index is 6.94. The van der Waals surface area contributed by atoms with Gasteiger partial charge in [-0.3, -0.25) is 0 Å². The molecule has 5 nitrogen and oxygen atoms in total. The van der Waals surface area contributed by atoms with Crippen molar-refractivity contribution >= 4 is 44.6 Å². The molecule has 6 heteroatoms. The monoisotopic (exact) mass is 1070 g/mol. The van der Waals surface area contributed by atoms with E-state index in [0.717, 1.165) is 91.0 Å². The summed E-state index contributed by atoms with van der Waals surface area (Å²) in [5.74, 6) is 2.11. The van der Waals surface area contributed by atoms with Gasteiger partial charge in [0.25, 0.3) is 0 Å². The maximum absolute atomic E-state index is 6.94. The van der Waals surface area contributed by atoms with Gasteiger partial charge in [0.15, 0.2) is 0 Å². The summed E-state index contributed by atoms with van der Waals surface area (Å²) in [5.41, 5.74) is 14.3. The molecule has 0 saturated heterocycles. The normalized spacial score (nSPS) is 14.2. The fraction of sp³-hybridized carbons (Fsp3) is 0.143. The zero-order chi connectivity index (χ0) is 45.8. The van der Waals surface area contributed by atoms with E-state index >= 15 is 0 Å². The van der Waals surface area contributed by atoms with Crippen molar-refractivity contribution in [3.8, 4) is 39.6 Å². The zero-order valence-corrected chi connectivity index (χ0v) is 41.2. The van der Waals surface area contributed by atoms with Crippen LogP contribution in [0.1, 0.15) is 63.1 Å². The number of rotatable bonds is 9. The summed E-state index contributed by atoms with van der Waals surface area (Å²) in [6.45, 7) is 8.96. The molecule has 12 rings (SSSR count). The smallest absolute Gasteiger partial charge is 0.135 e. The predicted octanol–water partition coefficient (Wildman–Crippen LogP) is 16.5. The Hall–Kier alpha value is -7.20. The first-order valence-corrected chi connectivity index (χ1v) is 23.8. The second kappa shape index (κ2) is 18.0. The molecule has 1 aliphatic carbocycles. The molecule has 0 unspecified atom stereocenters. The van der Waals surface area contributed by atoms with Crippen LogP contribution in [0, 0.1) is 18.8 Å². The molecule has 8 aromatic carbocycles. The van der Waals surface area contributed by atoms with Gasteiger partial charge < -0.3 is 19.1 Å². The number of hydrogen-bond donors (Lipinski definition) is 0. The van der Waals surface area contributed by atoms with E-state index in [-0.39, 0.29) is 31.9 Å². The molecule has 0 atom stereocenters. The third-order valence-corrected chi connectivity index (χ3v) is 14.1. The SMILES string of the molecule is CC(C)(C)c1cc(Oc2[c-]c3c(cc2)c2ccccc2n3-c2cc(C3(c4ccccc4)CCCC3)ccn2)[c-]c(N2[CH-]N(c3c(-c4ccccc4)cccc3-c3ccccc3)c3ccccc32)c1.[Pt]. The Kier molecular flexibility index (Phi) is 11.6. The van der Waals surface area contributed by atoms with Crippen LogP contribution in [0.25, 0.3) is 49.9 Å². The quantitative estimate of drug-likeness (QED) is 0.135. The van der Waals surface area contributed by atoms with E-state index in [2.05, 4.69) is 242 Å². The molecule has 3 heterocycles. The van der Waals surface area contributed by atoms with Crippen LogP contribution in [-0.4, -0.2) is 9.55 Å². The Morgan fingerprint density at radius 3 is 1.87 bits per heavy atom. The molecule has 342 valence electrons. The van der Waals surface area contributed by atoms with Crippen LogP contribution in [0.5, 0.6) is 11.5 Å². The third-order valence-electron chi connectivity index (χ3n) is 14.1. The molecule has 0 bridgehead atoms. The average Bonchev–Trinajstić information content (AvgIpc) is 4.12. The first-order chi connectivity index (χ1) is 33.3. The van der Waals surface area contributed by atoms with Gasteiger partial charge in [0.1, 0.15) is 5.82 Å². The standard InChI is InChI=1S/C63H51N4O.Pt/c1-62(2,3)48-38-49(65-43-66(58-31-16-15-30-57(58)65)61-52(44-20-7-4-8-21-44)27-19-28-53(61)45-22-9-5-10-23-45)41-51(39-48)68-50-32-33-55-54-26-13-14-29-56(54)67(59(55)42-50)60-40-47(34-37-64-60)63(35-17-18-36-63)46-24-11-6-12-25-46;/h4-16,19-34,37-40,43H,17-18,35-36H2,1-3H3;/q-3;. The van der Waals surface area contributed by atoms with E-state index in [0.29, 0.717) is 11.5 Å². The molecule has 0 N–H and O–H groups in total. The fourth-order valence-corrected chi connectivity index (χ4v) is 10.7. The predicted molar refractivity (Wildman–Crippen MR) is 279 cm³/mol. The molecule has 1 aliphatic heterocycles. The zero-order valence-electron chi connectivity index (χ0n) is 39.0. The molecule has 0 amide bonds. The summed E-state index contributed by atoms with van der Waals surface area (Å²) < 4.78 is 9.20. The Morgan fingerprint density at radius 2 is 1.19 bits per heavy atom. The Morgan fingerprint density at radius 1 is 0.565 bits per heavy atom. The van der Waals surface area contributed by atoms with Gasteiger partial charge in [-0.25, -0.2) is 4.98 Å². The van der Waals surface area contributed by atoms with Crippen LogP contribution in [0.2, 0.25) is 0 Å². The van der Waals surface area contributed by atoms with Gasteiger partial charge in [-0.2, -0.15) is 6.07 Å². The number of aromatic nitrogens is 2. The van der Waals surface area contributed by atoms with Crippen LogP contribution in [0.3, 0.4) is 0 Å². The average molecular weight is 1080 g/mol. The number of fused-ring (bicyclic) bond motifs is 4. The van der Waals surface area contributed by atoms with Crippen molar-refractivity contribution in [3.05, 3.63) is 236 Å². The van der Waals surface area contributed by atoms with Crippen LogP contribution < -0.4 is 14.5 Å². The van der Waals surface area contributed by atoms with Crippen molar-refractivity contribution in [1.82, 2.24) is 9.55 Å². The molecule has 69 heavy (non-hydrogen) atoms. The van der Waals surface area contributed by atoms with E-state index in [4.69, 9.17) is 9.72 Å². The topological polar surface area (TPSA) is 33.5 Å². The summed E-state index contributed by atoms with van der Waals surface area (Å²) >= 11 is 0. The number of benzene rings is 8. The summed E-state index contributed by atoms with van der Waals surface area (Å²) in [5, 5.41) is 2.25. The number of pyridine rings is 1. The van der Waals surface area contributed by atoms with E-state index in [1.54, 1.807) is 0 Å². The summed E-state index contributed by atoms with van der Waals surface area (Å²) in [6.07, 6.45) is 6.66. The molecule has 2 aromatic heterocycles. The van der Waals surface area contributed by atoms with Gasteiger partial charge in [-0.1, -0.05) is 179 Å².